The van der Waals surface area contributed by atoms with Gasteiger partial charge in [-0.15, -0.1) is 0 Å². The topological polar surface area (TPSA) is 66.7 Å². The average Bonchev–Trinajstić information content (AvgIpc) is 3.04. The summed E-state index contributed by atoms with van der Waals surface area (Å²) in [6.07, 6.45) is 2.64. The van der Waals surface area contributed by atoms with Crippen LogP contribution in [-0.2, 0) is 4.79 Å². The van der Waals surface area contributed by atoms with Crippen LogP contribution in [0.5, 0.6) is 0 Å². The summed E-state index contributed by atoms with van der Waals surface area (Å²) in [7, 11) is 1.90. The van der Waals surface area contributed by atoms with Crippen molar-refractivity contribution in [3.05, 3.63) is 53.2 Å². The molecule has 148 valence electrons. The Bertz CT molecular complexity index is 882. The number of oxazole rings is 1. The normalized spacial score (nSPS) is 22.0. The number of carbonyl (C=O) groups excluding carboxylic acids is 2. The highest BCUT2D eigenvalue weighted by Gasteiger charge is 2.45. The summed E-state index contributed by atoms with van der Waals surface area (Å²) >= 11 is 0. The van der Waals surface area contributed by atoms with Crippen molar-refractivity contribution in [1.82, 2.24) is 14.8 Å². The first kappa shape index (κ1) is 18.7. The first-order valence-electron chi connectivity index (χ1n) is 9.92. The van der Waals surface area contributed by atoms with Gasteiger partial charge in [0, 0.05) is 33.6 Å². The Kier molecular flexibility index (Phi) is 4.73. The summed E-state index contributed by atoms with van der Waals surface area (Å²) in [6, 6.07) is 10.1. The highest BCUT2D eigenvalue weighted by atomic mass is 16.4. The molecule has 1 unspecified atom stereocenters. The lowest BCUT2D eigenvalue weighted by atomic mass is 9.67. The molecule has 2 aromatic rings. The minimum Gasteiger partial charge on any atom is -0.436 e. The zero-order chi connectivity index (χ0) is 19.9. The summed E-state index contributed by atoms with van der Waals surface area (Å²) in [4.78, 5) is 33.6. The van der Waals surface area contributed by atoms with E-state index in [0.29, 0.717) is 30.4 Å². The number of aryl methyl sites for hydroxylation is 2. The van der Waals surface area contributed by atoms with E-state index in [0.717, 1.165) is 31.4 Å². The third-order valence-electron chi connectivity index (χ3n) is 6.30. The first-order chi connectivity index (χ1) is 13.4. The third kappa shape index (κ3) is 3.32. The van der Waals surface area contributed by atoms with E-state index in [4.69, 9.17) is 4.42 Å². The number of amides is 2. The number of hydrogen-bond acceptors (Lipinski definition) is 4. The molecule has 2 aliphatic heterocycles. The third-order valence-corrected chi connectivity index (χ3v) is 6.30. The fourth-order valence-corrected chi connectivity index (χ4v) is 4.80. The monoisotopic (exact) mass is 381 g/mol. The minimum atomic E-state index is -0.0960. The Balaban J connectivity index is 1.49. The molecule has 0 N–H and O–H groups in total. The van der Waals surface area contributed by atoms with E-state index in [1.807, 2.05) is 47.2 Å². The molecular weight excluding hydrogens is 354 g/mol. The Hall–Kier alpha value is -2.63. The first-order valence-corrected chi connectivity index (χ1v) is 9.92. The van der Waals surface area contributed by atoms with Crippen LogP contribution in [0.3, 0.4) is 0 Å². The van der Waals surface area contributed by atoms with Gasteiger partial charge in [-0.1, -0.05) is 30.3 Å². The van der Waals surface area contributed by atoms with Crippen LogP contribution in [0.25, 0.3) is 0 Å². The largest absolute Gasteiger partial charge is 0.436 e. The van der Waals surface area contributed by atoms with Gasteiger partial charge in [0.1, 0.15) is 0 Å². The van der Waals surface area contributed by atoms with Gasteiger partial charge >= 0.3 is 0 Å². The minimum absolute atomic E-state index is 0.0618. The molecular formula is C22H27N3O3. The number of rotatable bonds is 2. The van der Waals surface area contributed by atoms with Crippen LogP contribution < -0.4 is 0 Å². The Morgan fingerprint density at radius 2 is 1.86 bits per heavy atom. The molecule has 0 bridgehead atoms. The molecule has 28 heavy (non-hydrogen) atoms. The summed E-state index contributed by atoms with van der Waals surface area (Å²) in [6.45, 7) is 5.69. The molecule has 2 saturated heterocycles. The van der Waals surface area contributed by atoms with Crippen LogP contribution in [0.4, 0.5) is 0 Å². The number of likely N-dealkylation sites (N-methyl/N-ethyl adjacent to an activating group) is 1. The van der Waals surface area contributed by atoms with Gasteiger partial charge in [-0.05, 0) is 37.2 Å². The van der Waals surface area contributed by atoms with E-state index < -0.39 is 0 Å². The molecule has 6 nitrogen and oxygen atoms in total. The number of nitrogens with zero attached hydrogens (tertiary/aromatic N) is 3. The number of carbonyl (C=O) groups is 2. The van der Waals surface area contributed by atoms with Gasteiger partial charge in [0.15, 0.2) is 5.89 Å². The maximum absolute atomic E-state index is 12.8. The molecule has 1 aromatic heterocycles. The van der Waals surface area contributed by atoms with Crippen molar-refractivity contribution in [3.8, 4) is 0 Å². The van der Waals surface area contributed by atoms with E-state index in [2.05, 4.69) is 4.98 Å². The lowest BCUT2D eigenvalue weighted by molar-refractivity contribution is -0.139. The number of hydrogen-bond donors (Lipinski definition) is 0. The predicted molar refractivity (Wildman–Crippen MR) is 105 cm³/mol. The summed E-state index contributed by atoms with van der Waals surface area (Å²) in [5.74, 6) is 0.899. The summed E-state index contributed by atoms with van der Waals surface area (Å²) in [5.41, 5.74) is 1.80. The molecule has 2 aliphatic rings. The molecule has 4 rings (SSSR count). The molecule has 0 saturated carbocycles. The van der Waals surface area contributed by atoms with Crippen molar-refractivity contribution in [2.24, 2.45) is 5.41 Å². The smallest absolute Gasteiger partial charge is 0.291 e. The van der Waals surface area contributed by atoms with Crippen molar-refractivity contribution in [1.29, 1.82) is 0 Å². The SMILES string of the molecule is Cc1nc(C)c(C(=O)N2CCC3(CC2)CC(c2ccccc2)C(=O)N(C)C3)o1. The molecule has 2 amide bonds. The lowest BCUT2D eigenvalue weighted by Gasteiger charge is -2.49. The number of benzene rings is 1. The number of piperidine rings is 2. The zero-order valence-electron chi connectivity index (χ0n) is 16.8. The van der Waals surface area contributed by atoms with Gasteiger partial charge in [-0.25, -0.2) is 4.98 Å². The zero-order valence-corrected chi connectivity index (χ0v) is 16.8. The Morgan fingerprint density at radius 1 is 1.18 bits per heavy atom. The summed E-state index contributed by atoms with van der Waals surface area (Å²) < 4.78 is 5.52. The molecule has 1 atom stereocenters. The Labute approximate surface area is 165 Å². The predicted octanol–water partition coefficient (Wildman–Crippen LogP) is 3.16. The molecule has 0 radical (unpaired) electrons. The van der Waals surface area contributed by atoms with Crippen LogP contribution in [0, 0.1) is 19.3 Å². The highest BCUT2D eigenvalue weighted by Crippen LogP contribution is 2.45. The maximum Gasteiger partial charge on any atom is 0.291 e. The fourth-order valence-electron chi connectivity index (χ4n) is 4.80. The average molecular weight is 381 g/mol. The Morgan fingerprint density at radius 3 is 2.46 bits per heavy atom. The van der Waals surface area contributed by atoms with Crippen LogP contribution in [-0.4, -0.2) is 53.3 Å². The van der Waals surface area contributed by atoms with Crippen LogP contribution in [0.2, 0.25) is 0 Å². The van der Waals surface area contributed by atoms with E-state index in [9.17, 15) is 9.59 Å². The fraction of sp³-hybridized carbons (Fsp3) is 0.500. The number of likely N-dealkylation sites (tertiary alicyclic amines) is 2. The molecule has 0 aliphatic carbocycles. The van der Waals surface area contributed by atoms with E-state index in [-0.39, 0.29) is 23.1 Å². The van der Waals surface area contributed by atoms with E-state index in [1.165, 1.54) is 0 Å². The van der Waals surface area contributed by atoms with Gasteiger partial charge in [0.05, 0.1) is 11.6 Å². The second-order valence-electron chi connectivity index (χ2n) is 8.30. The van der Waals surface area contributed by atoms with Crippen molar-refractivity contribution in [3.63, 3.8) is 0 Å². The van der Waals surface area contributed by atoms with Gasteiger partial charge in [-0.2, -0.15) is 0 Å². The second-order valence-corrected chi connectivity index (χ2v) is 8.30. The maximum atomic E-state index is 12.8. The van der Waals surface area contributed by atoms with E-state index >= 15 is 0 Å². The quantitative estimate of drug-likeness (QED) is 0.801. The van der Waals surface area contributed by atoms with Gasteiger partial charge in [0.2, 0.25) is 11.7 Å². The van der Waals surface area contributed by atoms with Crippen LogP contribution in [0.1, 0.15) is 52.9 Å². The van der Waals surface area contributed by atoms with E-state index in [1.54, 1.807) is 13.8 Å². The second kappa shape index (κ2) is 7.08. The van der Waals surface area contributed by atoms with Crippen LogP contribution >= 0.6 is 0 Å². The lowest BCUT2D eigenvalue weighted by Crippen LogP contribution is -2.53. The van der Waals surface area contributed by atoms with Gasteiger partial charge < -0.3 is 14.2 Å². The molecule has 2 fully saturated rings. The van der Waals surface area contributed by atoms with Crippen molar-refractivity contribution in [2.75, 3.05) is 26.7 Å². The van der Waals surface area contributed by atoms with Crippen molar-refractivity contribution >= 4 is 11.8 Å². The van der Waals surface area contributed by atoms with Gasteiger partial charge in [0.25, 0.3) is 5.91 Å². The number of aromatic nitrogens is 1. The van der Waals surface area contributed by atoms with Crippen molar-refractivity contribution in [2.45, 2.75) is 39.0 Å². The van der Waals surface area contributed by atoms with Crippen LogP contribution in [0.15, 0.2) is 34.7 Å². The molecule has 1 spiro atoms. The molecule has 3 heterocycles. The summed E-state index contributed by atoms with van der Waals surface area (Å²) in [5, 5.41) is 0. The standard InChI is InChI=1S/C22H27N3O3/c1-15-19(28-16(2)23-15)21(27)25-11-9-22(10-12-25)13-18(20(26)24(3)14-22)17-7-5-4-6-8-17/h4-8,18H,9-14H2,1-3H3. The molecule has 1 aromatic carbocycles. The molecule has 6 heteroatoms. The van der Waals surface area contributed by atoms with Gasteiger partial charge in [-0.3, -0.25) is 9.59 Å². The van der Waals surface area contributed by atoms with Crippen molar-refractivity contribution < 1.29 is 14.0 Å². The highest BCUT2D eigenvalue weighted by molar-refractivity contribution is 5.92.